The highest BCUT2D eigenvalue weighted by molar-refractivity contribution is 14.0. The van der Waals surface area contributed by atoms with Gasteiger partial charge in [-0.05, 0) is 35.7 Å². The standard InChI is InChI=1S/C18H23ClN4O2.HI/c1-20-18(23-12-14-5-7-17(19)22-11-14)21-9-8-13-4-6-15(24-2)16(10-13)25-3;/h4-7,10-11H,8-9,12H2,1-3H3,(H2,20,21,23);1H. The van der Waals surface area contributed by atoms with Crippen molar-refractivity contribution in [2.24, 2.45) is 4.99 Å². The van der Waals surface area contributed by atoms with E-state index in [-0.39, 0.29) is 24.0 Å². The first kappa shape index (κ1) is 22.3. The number of rotatable bonds is 7. The van der Waals surface area contributed by atoms with Gasteiger partial charge in [0.2, 0.25) is 0 Å². The summed E-state index contributed by atoms with van der Waals surface area (Å²) in [5.41, 5.74) is 2.19. The van der Waals surface area contributed by atoms with Crippen molar-refractivity contribution in [3.8, 4) is 11.5 Å². The molecule has 2 rings (SSSR count). The van der Waals surface area contributed by atoms with Gasteiger partial charge in [-0.15, -0.1) is 24.0 Å². The molecule has 0 fully saturated rings. The Balaban J connectivity index is 0.00000338. The summed E-state index contributed by atoms with van der Waals surface area (Å²) in [7, 11) is 5.01. The summed E-state index contributed by atoms with van der Waals surface area (Å²) < 4.78 is 10.6. The van der Waals surface area contributed by atoms with Crippen LogP contribution in [0.5, 0.6) is 11.5 Å². The van der Waals surface area contributed by atoms with E-state index in [0.29, 0.717) is 11.7 Å². The van der Waals surface area contributed by atoms with Crippen molar-refractivity contribution in [2.75, 3.05) is 27.8 Å². The summed E-state index contributed by atoms with van der Waals surface area (Å²) in [6, 6.07) is 9.62. The van der Waals surface area contributed by atoms with E-state index in [1.807, 2.05) is 24.3 Å². The number of nitrogens with one attached hydrogen (secondary N) is 2. The summed E-state index contributed by atoms with van der Waals surface area (Å²) in [5, 5.41) is 7.02. The van der Waals surface area contributed by atoms with Gasteiger partial charge < -0.3 is 20.1 Å². The topological polar surface area (TPSA) is 67.8 Å². The van der Waals surface area contributed by atoms with Crippen LogP contribution in [0.15, 0.2) is 41.5 Å². The molecule has 0 amide bonds. The number of pyridine rings is 1. The van der Waals surface area contributed by atoms with E-state index in [1.54, 1.807) is 33.5 Å². The number of ether oxygens (including phenoxy) is 2. The molecule has 1 aromatic heterocycles. The molecule has 0 atom stereocenters. The Labute approximate surface area is 176 Å². The highest BCUT2D eigenvalue weighted by Gasteiger charge is 2.05. The molecule has 8 heteroatoms. The molecule has 142 valence electrons. The second kappa shape index (κ2) is 11.8. The summed E-state index contributed by atoms with van der Waals surface area (Å²) in [6.45, 7) is 1.37. The normalized spacial score (nSPS) is 10.7. The van der Waals surface area contributed by atoms with Gasteiger partial charge in [-0.25, -0.2) is 4.98 Å². The van der Waals surface area contributed by atoms with Crippen LogP contribution in [-0.2, 0) is 13.0 Å². The molecular weight excluding hydrogens is 467 g/mol. The van der Waals surface area contributed by atoms with Crippen LogP contribution in [-0.4, -0.2) is 38.8 Å². The largest absolute Gasteiger partial charge is 0.493 e. The maximum absolute atomic E-state index is 5.78. The predicted molar refractivity (Wildman–Crippen MR) is 116 cm³/mol. The number of aromatic nitrogens is 1. The second-order valence-corrected chi connectivity index (χ2v) is 5.67. The Morgan fingerprint density at radius 3 is 2.42 bits per heavy atom. The van der Waals surface area contributed by atoms with Gasteiger partial charge in [0.05, 0.1) is 14.2 Å². The van der Waals surface area contributed by atoms with Crippen LogP contribution in [0.2, 0.25) is 5.15 Å². The lowest BCUT2D eigenvalue weighted by molar-refractivity contribution is 0.354. The van der Waals surface area contributed by atoms with Crippen LogP contribution in [0.3, 0.4) is 0 Å². The molecule has 0 spiro atoms. The smallest absolute Gasteiger partial charge is 0.191 e. The molecule has 0 aliphatic carbocycles. The van der Waals surface area contributed by atoms with Crippen molar-refractivity contribution < 1.29 is 9.47 Å². The zero-order valence-corrected chi connectivity index (χ0v) is 18.2. The minimum Gasteiger partial charge on any atom is -0.493 e. The zero-order chi connectivity index (χ0) is 18.1. The number of guanidine groups is 1. The Kier molecular flexibility index (Phi) is 10.1. The number of nitrogens with zero attached hydrogens (tertiary/aromatic N) is 2. The van der Waals surface area contributed by atoms with Gasteiger partial charge in [0.1, 0.15) is 5.15 Å². The molecule has 1 heterocycles. The molecule has 1 aromatic carbocycles. The van der Waals surface area contributed by atoms with Gasteiger partial charge in [0.15, 0.2) is 17.5 Å². The highest BCUT2D eigenvalue weighted by atomic mass is 127. The molecule has 0 unspecified atom stereocenters. The third-order valence-electron chi connectivity index (χ3n) is 3.63. The first-order valence-electron chi connectivity index (χ1n) is 7.92. The minimum absolute atomic E-state index is 0. The first-order valence-corrected chi connectivity index (χ1v) is 8.30. The Hall–Kier alpha value is -1.74. The monoisotopic (exact) mass is 490 g/mol. The van der Waals surface area contributed by atoms with Gasteiger partial charge in [-0.1, -0.05) is 23.7 Å². The number of methoxy groups -OCH3 is 2. The molecular formula is C18H24ClIN4O2. The van der Waals surface area contributed by atoms with Crippen molar-refractivity contribution in [1.29, 1.82) is 0 Å². The Morgan fingerprint density at radius 2 is 1.81 bits per heavy atom. The van der Waals surface area contributed by atoms with E-state index in [4.69, 9.17) is 21.1 Å². The van der Waals surface area contributed by atoms with Crippen molar-refractivity contribution in [3.63, 3.8) is 0 Å². The molecule has 0 bridgehead atoms. The summed E-state index contributed by atoms with van der Waals surface area (Å²) in [4.78, 5) is 8.27. The van der Waals surface area contributed by atoms with E-state index in [2.05, 4.69) is 20.6 Å². The minimum atomic E-state index is 0. The van der Waals surface area contributed by atoms with Crippen molar-refractivity contribution in [1.82, 2.24) is 15.6 Å². The number of hydrogen-bond acceptors (Lipinski definition) is 4. The number of hydrogen-bond donors (Lipinski definition) is 2. The summed E-state index contributed by atoms with van der Waals surface area (Å²) in [5.74, 6) is 2.20. The lowest BCUT2D eigenvalue weighted by atomic mass is 10.1. The molecule has 0 radical (unpaired) electrons. The number of benzene rings is 1. The van der Waals surface area contributed by atoms with Crippen LogP contribution < -0.4 is 20.1 Å². The molecule has 0 aliphatic rings. The quantitative estimate of drug-likeness (QED) is 0.270. The van der Waals surface area contributed by atoms with E-state index in [1.165, 1.54) is 0 Å². The molecule has 0 aliphatic heterocycles. The van der Waals surface area contributed by atoms with E-state index < -0.39 is 0 Å². The molecule has 0 saturated heterocycles. The van der Waals surface area contributed by atoms with Crippen molar-refractivity contribution >= 4 is 41.5 Å². The first-order chi connectivity index (χ1) is 12.2. The fourth-order valence-electron chi connectivity index (χ4n) is 2.28. The SMILES string of the molecule is CN=C(NCCc1ccc(OC)c(OC)c1)NCc1ccc(Cl)nc1.I. The maximum atomic E-state index is 5.78. The number of halogens is 2. The number of aliphatic imine (C=N–C) groups is 1. The molecule has 26 heavy (non-hydrogen) atoms. The van der Waals surface area contributed by atoms with Gasteiger partial charge >= 0.3 is 0 Å². The Bertz CT molecular complexity index is 711. The molecule has 6 nitrogen and oxygen atoms in total. The summed E-state index contributed by atoms with van der Waals surface area (Å²) >= 11 is 5.78. The molecule has 0 saturated carbocycles. The summed E-state index contributed by atoms with van der Waals surface area (Å²) in [6.07, 6.45) is 2.58. The molecule has 2 N–H and O–H groups in total. The van der Waals surface area contributed by atoms with E-state index in [9.17, 15) is 0 Å². The van der Waals surface area contributed by atoms with E-state index in [0.717, 1.165) is 41.6 Å². The lowest BCUT2D eigenvalue weighted by Gasteiger charge is -2.13. The Morgan fingerprint density at radius 1 is 1.08 bits per heavy atom. The zero-order valence-electron chi connectivity index (χ0n) is 15.1. The lowest BCUT2D eigenvalue weighted by Crippen LogP contribution is -2.37. The third-order valence-corrected chi connectivity index (χ3v) is 3.85. The van der Waals surface area contributed by atoms with Gasteiger partial charge in [0.25, 0.3) is 0 Å². The van der Waals surface area contributed by atoms with E-state index >= 15 is 0 Å². The van der Waals surface area contributed by atoms with Crippen LogP contribution in [0.4, 0.5) is 0 Å². The average Bonchev–Trinajstić information content (AvgIpc) is 2.65. The van der Waals surface area contributed by atoms with Crippen LogP contribution in [0, 0.1) is 0 Å². The predicted octanol–water partition coefficient (Wildman–Crippen LogP) is 3.28. The third kappa shape index (κ3) is 6.87. The van der Waals surface area contributed by atoms with Gasteiger partial charge in [-0.2, -0.15) is 0 Å². The maximum Gasteiger partial charge on any atom is 0.191 e. The van der Waals surface area contributed by atoms with Crippen molar-refractivity contribution in [3.05, 3.63) is 52.8 Å². The van der Waals surface area contributed by atoms with Gasteiger partial charge in [-0.3, -0.25) is 4.99 Å². The van der Waals surface area contributed by atoms with Crippen molar-refractivity contribution in [2.45, 2.75) is 13.0 Å². The van der Waals surface area contributed by atoms with Gasteiger partial charge in [0, 0.05) is 26.3 Å². The second-order valence-electron chi connectivity index (χ2n) is 5.28. The van der Waals surface area contributed by atoms with Crippen LogP contribution in [0.25, 0.3) is 0 Å². The fourth-order valence-corrected chi connectivity index (χ4v) is 2.39. The highest BCUT2D eigenvalue weighted by Crippen LogP contribution is 2.27. The molecule has 2 aromatic rings. The van der Waals surface area contributed by atoms with Crippen LogP contribution >= 0.6 is 35.6 Å². The fraction of sp³-hybridized carbons (Fsp3) is 0.333. The van der Waals surface area contributed by atoms with Crippen LogP contribution in [0.1, 0.15) is 11.1 Å². The average molecular weight is 491 g/mol.